The molecule has 3 aromatic carbocycles. The highest BCUT2D eigenvalue weighted by Crippen LogP contribution is 2.32. The van der Waals surface area contributed by atoms with E-state index in [9.17, 15) is 0 Å². The molecule has 0 N–H and O–H groups in total. The Hall–Kier alpha value is -2.91. The molecule has 2 nitrogen and oxygen atoms in total. The lowest BCUT2D eigenvalue weighted by molar-refractivity contribution is 1.30. The molecule has 0 radical (unpaired) electrons. The molecule has 0 unspecified atom stereocenters. The Labute approximate surface area is 143 Å². The predicted molar refractivity (Wildman–Crippen MR) is 101 cm³/mol. The van der Waals surface area contributed by atoms with E-state index in [0.717, 1.165) is 16.2 Å². The zero-order valence-corrected chi connectivity index (χ0v) is 13.7. The molecule has 0 atom stereocenters. The molecule has 0 saturated heterocycles. The van der Waals surface area contributed by atoms with Crippen molar-refractivity contribution >= 4 is 26.5 Å². The summed E-state index contributed by atoms with van der Waals surface area (Å²) in [4.78, 5) is 5.84. The number of benzene rings is 3. The summed E-state index contributed by atoms with van der Waals surface area (Å²) in [5, 5.41) is 0. The van der Waals surface area contributed by atoms with Crippen LogP contribution in [0.2, 0.25) is 0 Å². The molecule has 114 valence electrons. The summed E-state index contributed by atoms with van der Waals surface area (Å²) in [6.45, 7) is 0. The molecule has 0 bridgehead atoms. The van der Waals surface area contributed by atoms with Gasteiger partial charge in [-0.2, -0.15) is 0 Å². The van der Waals surface area contributed by atoms with Gasteiger partial charge >= 0.3 is 0 Å². The van der Waals surface area contributed by atoms with Crippen LogP contribution >= 0.6 is 11.3 Å². The van der Waals surface area contributed by atoms with Crippen molar-refractivity contribution in [2.24, 2.45) is 0 Å². The monoisotopic (exact) mass is 326 g/mol. The summed E-state index contributed by atoms with van der Waals surface area (Å²) in [7, 11) is 0. The maximum Gasteiger partial charge on any atom is 0.195 e. The van der Waals surface area contributed by atoms with E-state index in [1.54, 1.807) is 11.3 Å². The van der Waals surface area contributed by atoms with Crippen molar-refractivity contribution in [3.8, 4) is 22.4 Å². The summed E-state index contributed by atoms with van der Waals surface area (Å²) in [5.41, 5.74) is 5.86. The van der Waals surface area contributed by atoms with Gasteiger partial charge in [0.1, 0.15) is 0 Å². The Morgan fingerprint density at radius 3 is 2.17 bits per heavy atom. The Kier molecular flexibility index (Phi) is 3.00. The van der Waals surface area contributed by atoms with Crippen molar-refractivity contribution in [1.82, 2.24) is 9.38 Å². The van der Waals surface area contributed by atoms with E-state index in [-0.39, 0.29) is 0 Å². The third kappa shape index (κ3) is 2.14. The number of nitrogens with zero attached hydrogens (tertiary/aromatic N) is 2. The number of hydrogen-bond acceptors (Lipinski definition) is 2. The first kappa shape index (κ1) is 13.5. The smallest absolute Gasteiger partial charge is 0.195 e. The quantitative estimate of drug-likeness (QED) is 0.396. The molecule has 2 heterocycles. The van der Waals surface area contributed by atoms with Crippen LogP contribution in [0.1, 0.15) is 0 Å². The van der Waals surface area contributed by atoms with Crippen molar-refractivity contribution in [3.05, 3.63) is 85.1 Å². The Bertz CT molecular complexity index is 1140. The molecule has 2 aromatic heterocycles. The van der Waals surface area contributed by atoms with Crippen LogP contribution < -0.4 is 0 Å². The van der Waals surface area contributed by atoms with E-state index in [4.69, 9.17) is 4.98 Å². The number of rotatable bonds is 2. The number of imidazole rings is 1. The van der Waals surface area contributed by atoms with E-state index in [1.165, 1.54) is 21.3 Å². The fraction of sp³-hybridized carbons (Fsp3) is 0. The van der Waals surface area contributed by atoms with E-state index in [2.05, 4.69) is 65.2 Å². The Morgan fingerprint density at radius 1 is 0.708 bits per heavy atom. The SMILES string of the molecule is c1ccc(-c2ccc3sc4nc(-c5ccccc5)cn4c3c2)cc1. The van der Waals surface area contributed by atoms with Crippen molar-refractivity contribution < 1.29 is 0 Å². The van der Waals surface area contributed by atoms with Crippen LogP contribution in [0.4, 0.5) is 0 Å². The first-order valence-electron chi connectivity index (χ1n) is 7.91. The van der Waals surface area contributed by atoms with Gasteiger partial charge in [-0.1, -0.05) is 78.1 Å². The number of aromatic nitrogens is 2. The van der Waals surface area contributed by atoms with Crippen LogP contribution in [0, 0.1) is 0 Å². The minimum Gasteiger partial charge on any atom is -0.290 e. The van der Waals surface area contributed by atoms with E-state index >= 15 is 0 Å². The molecule has 0 aliphatic rings. The second-order valence-electron chi connectivity index (χ2n) is 5.80. The van der Waals surface area contributed by atoms with Crippen LogP contribution in [-0.2, 0) is 0 Å². The lowest BCUT2D eigenvalue weighted by Gasteiger charge is -2.01. The van der Waals surface area contributed by atoms with Crippen molar-refractivity contribution in [3.63, 3.8) is 0 Å². The lowest BCUT2D eigenvalue weighted by atomic mass is 10.1. The fourth-order valence-corrected chi connectivity index (χ4v) is 4.04. The minimum absolute atomic E-state index is 1.02. The first-order valence-corrected chi connectivity index (χ1v) is 8.73. The van der Waals surface area contributed by atoms with Gasteiger partial charge < -0.3 is 0 Å². The summed E-state index contributed by atoms with van der Waals surface area (Å²) < 4.78 is 3.46. The van der Waals surface area contributed by atoms with Gasteiger partial charge in [0, 0.05) is 11.8 Å². The Morgan fingerprint density at radius 2 is 1.42 bits per heavy atom. The molecule has 0 aliphatic heterocycles. The average Bonchev–Trinajstić information content (AvgIpc) is 3.21. The van der Waals surface area contributed by atoms with Crippen molar-refractivity contribution in [2.45, 2.75) is 0 Å². The van der Waals surface area contributed by atoms with Gasteiger partial charge in [-0.15, -0.1) is 0 Å². The number of thiazole rings is 1. The van der Waals surface area contributed by atoms with Crippen molar-refractivity contribution in [1.29, 1.82) is 0 Å². The fourth-order valence-electron chi connectivity index (χ4n) is 3.06. The van der Waals surface area contributed by atoms with Gasteiger partial charge in [0.25, 0.3) is 0 Å². The van der Waals surface area contributed by atoms with Crippen LogP contribution in [0.15, 0.2) is 85.1 Å². The van der Waals surface area contributed by atoms with E-state index in [0.29, 0.717) is 0 Å². The number of fused-ring (bicyclic) bond motifs is 3. The third-order valence-electron chi connectivity index (χ3n) is 4.27. The first-order chi connectivity index (χ1) is 11.9. The summed E-state index contributed by atoms with van der Waals surface area (Å²) >= 11 is 1.73. The molecule has 0 fully saturated rings. The molecule has 3 heteroatoms. The normalized spacial score (nSPS) is 11.3. The molecule has 0 amide bonds. The van der Waals surface area contributed by atoms with Crippen LogP contribution in [0.25, 0.3) is 37.6 Å². The zero-order chi connectivity index (χ0) is 15.9. The molecule has 5 aromatic rings. The van der Waals surface area contributed by atoms with Crippen molar-refractivity contribution in [2.75, 3.05) is 0 Å². The van der Waals surface area contributed by atoms with Crippen LogP contribution in [0.3, 0.4) is 0 Å². The summed E-state index contributed by atoms with van der Waals surface area (Å²) in [5.74, 6) is 0. The average molecular weight is 326 g/mol. The second-order valence-corrected chi connectivity index (χ2v) is 6.80. The Balaban J connectivity index is 1.70. The van der Waals surface area contributed by atoms with Gasteiger partial charge in [0.15, 0.2) is 4.96 Å². The molecule has 24 heavy (non-hydrogen) atoms. The maximum absolute atomic E-state index is 4.80. The van der Waals surface area contributed by atoms with Gasteiger partial charge in [0.05, 0.1) is 15.9 Å². The molecule has 0 aliphatic carbocycles. The largest absolute Gasteiger partial charge is 0.290 e. The summed E-state index contributed by atoms with van der Waals surface area (Å²) in [6, 6.07) is 27.5. The van der Waals surface area contributed by atoms with E-state index in [1.807, 2.05) is 24.3 Å². The van der Waals surface area contributed by atoms with E-state index < -0.39 is 0 Å². The van der Waals surface area contributed by atoms with Gasteiger partial charge in [-0.05, 0) is 23.3 Å². The van der Waals surface area contributed by atoms with Gasteiger partial charge in [0.2, 0.25) is 0 Å². The lowest BCUT2D eigenvalue weighted by Crippen LogP contribution is -1.80. The van der Waals surface area contributed by atoms with Crippen LogP contribution in [0.5, 0.6) is 0 Å². The minimum atomic E-state index is 1.02. The molecular formula is C21H14N2S. The predicted octanol–water partition coefficient (Wildman–Crippen LogP) is 5.88. The maximum atomic E-state index is 4.80. The highest BCUT2D eigenvalue weighted by Gasteiger charge is 2.11. The highest BCUT2D eigenvalue weighted by molar-refractivity contribution is 7.23. The van der Waals surface area contributed by atoms with Gasteiger partial charge in [-0.3, -0.25) is 4.40 Å². The standard InChI is InChI=1S/C21H14N2S/c1-3-7-15(8-4-1)17-11-12-20-19(13-17)23-14-18(22-21(23)24-20)16-9-5-2-6-10-16/h1-14H. The molecule has 0 saturated carbocycles. The number of hydrogen-bond donors (Lipinski definition) is 0. The molecule has 0 spiro atoms. The molecular weight excluding hydrogens is 312 g/mol. The summed E-state index contributed by atoms with van der Waals surface area (Å²) in [6.07, 6.45) is 2.14. The zero-order valence-electron chi connectivity index (χ0n) is 12.9. The van der Waals surface area contributed by atoms with Gasteiger partial charge in [-0.25, -0.2) is 4.98 Å². The third-order valence-corrected chi connectivity index (χ3v) is 5.31. The molecule has 5 rings (SSSR count). The highest BCUT2D eigenvalue weighted by atomic mass is 32.1. The second kappa shape index (κ2) is 5.32. The van der Waals surface area contributed by atoms with Crippen LogP contribution in [-0.4, -0.2) is 9.38 Å². The topological polar surface area (TPSA) is 17.3 Å².